The Balaban J connectivity index is 2.09. The van der Waals surface area contributed by atoms with E-state index in [1.54, 1.807) is 0 Å². The standard InChI is InChI=1S/C23H20N2/c1-3-7-15-17-12-10-14-11-13-18-16-8-5-6-9-20(16)25-23(18)21(14)22(17)24-19(15)4-2/h4-13,24-25H,3H2,1-2H3/b15-7-,19-4+. The van der Waals surface area contributed by atoms with Crippen LogP contribution in [-0.4, -0.2) is 9.97 Å². The smallest absolute Gasteiger partial charge is 0.0565 e. The molecule has 2 nitrogen and oxygen atoms in total. The summed E-state index contributed by atoms with van der Waals surface area (Å²) in [6.45, 7) is 4.29. The van der Waals surface area contributed by atoms with Gasteiger partial charge in [-0.15, -0.1) is 0 Å². The fraction of sp³-hybridized carbons (Fsp3) is 0.130. The second kappa shape index (κ2) is 5.25. The van der Waals surface area contributed by atoms with E-state index in [4.69, 9.17) is 0 Å². The summed E-state index contributed by atoms with van der Waals surface area (Å²) in [4.78, 5) is 7.32. The van der Waals surface area contributed by atoms with Crippen LogP contribution in [0.15, 0.2) is 48.5 Å². The summed E-state index contributed by atoms with van der Waals surface area (Å²) in [5.74, 6) is 0. The van der Waals surface area contributed by atoms with Crippen LogP contribution in [-0.2, 0) is 0 Å². The maximum atomic E-state index is 3.67. The molecule has 0 aliphatic rings. The molecule has 0 saturated carbocycles. The highest BCUT2D eigenvalue weighted by atomic mass is 14.7. The molecule has 5 rings (SSSR count). The average molecular weight is 324 g/mol. The summed E-state index contributed by atoms with van der Waals surface area (Å²) in [7, 11) is 0. The van der Waals surface area contributed by atoms with Crippen LogP contribution < -0.4 is 10.6 Å². The first-order valence-corrected chi connectivity index (χ1v) is 8.92. The van der Waals surface area contributed by atoms with Gasteiger partial charge in [0.05, 0.1) is 11.0 Å². The normalized spacial score (nSPS) is 13.8. The van der Waals surface area contributed by atoms with Gasteiger partial charge in [-0.1, -0.05) is 61.5 Å². The summed E-state index contributed by atoms with van der Waals surface area (Å²) < 4.78 is 0. The van der Waals surface area contributed by atoms with E-state index < -0.39 is 0 Å². The van der Waals surface area contributed by atoms with Crippen LogP contribution in [0, 0.1) is 0 Å². The first-order chi connectivity index (χ1) is 12.3. The van der Waals surface area contributed by atoms with E-state index >= 15 is 0 Å². The second-order valence-electron chi connectivity index (χ2n) is 6.60. The Bertz CT molecular complexity index is 1380. The van der Waals surface area contributed by atoms with Crippen molar-refractivity contribution in [2.24, 2.45) is 0 Å². The largest absolute Gasteiger partial charge is 0.354 e. The lowest BCUT2D eigenvalue weighted by molar-refractivity contribution is 1.27. The van der Waals surface area contributed by atoms with E-state index in [1.165, 1.54) is 54.0 Å². The fourth-order valence-corrected chi connectivity index (χ4v) is 4.09. The highest BCUT2D eigenvalue weighted by Crippen LogP contribution is 2.33. The van der Waals surface area contributed by atoms with Crippen LogP contribution in [0.4, 0.5) is 0 Å². The molecule has 25 heavy (non-hydrogen) atoms. The van der Waals surface area contributed by atoms with Gasteiger partial charge in [0.2, 0.25) is 0 Å². The van der Waals surface area contributed by atoms with Crippen molar-refractivity contribution in [3.05, 3.63) is 59.1 Å². The molecular formula is C23H20N2. The lowest BCUT2D eigenvalue weighted by atomic mass is 10.0. The van der Waals surface area contributed by atoms with Crippen molar-refractivity contribution >= 4 is 55.6 Å². The number of hydrogen-bond donors (Lipinski definition) is 2. The van der Waals surface area contributed by atoms with Gasteiger partial charge in [-0.25, -0.2) is 0 Å². The summed E-state index contributed by atoms with van der Waals surface area (Å²) in [5.41, 5.74) is 3.63. The minimum atomic E-state index is 1.03. The van der Waals surface area contributed by atoms with Crippen LogP contribution in [0.2, 0.25) is 0 Å². The number of nitrogens with one attached hydrogen (secondary N) is 2. The second-order valence-corrected chi connectivity index (χ2v) is 6.60. The maximum absolute atomic E-state index is 3.67. The van der Waals surface area contributed by atoms with Crippen molar-refractivity contribution in [1.82, 2.24) is 9.97 Å². The fourth-order valence-electron chi connectivity index (χ4n) is 4.09. The summed E-state index contributed by atoms with van der Waals surface area (Å²) in [6, 6.07) is 17.5. The van der Waals surface area contributed by atoms with Gasteiger partial charge in [-0.2, -0.15) is 0 Å². The lowest BCUT2D eigenvalue weighted by Gasteiger charge is -2.02. The Kier molecular flexibility index (Phi) is 3.01. The maximum Gasteiger partial charge on any atom is 0.0565 e. The summed E-state index contributed by atoms with van der Waals surface area (Å²) in [6.07, 6.45) is 5.51. The number of hydrogen-bond acceptors (Lipinski definition) is 0. The number of aromatic nitrogens is 2. The number of para-hydroxylation sites is 1. The van der Waals surface area contributed by atoms with Crippen LogP contribution in [0.1, 0.15) is 20.3 Å². The number of aromatic amines is 2. The quantitative estimate of drug-likeness (QED) is 0.437. The van der Waals surface area contributed by atoms with Crippen molar-refractivity contribution in [2.45, 2.75) is 20.3 Å². The number of fused-ring (bicyclic) bond motifs is 7. The molecule has 2 heteroatoms. The van der Waals surface area contributed by atoms with Crippen molar-refractivity contribution in [2.75, 3.05) is 0 Å². The zero-order chi connectivity index (χ0) is 17.0. The minimum absolute atomic E-state index is 1.03. The van der Waals surface area contributed by atoms with Crippen LogP contribution in [0.5, 0.6) is 0 Å². The van der Waals surface area contributed by atoms with Gasteiger partial charge in [0.1, 0.15) is 0 Å². The summed E-state index contributed by atoms with van der Waals surface area (Å²) >= 11 is 0. The molecule has 122 valence electrons. The molecule has 0 atom stereocenters. The first-order valence-electron chi connectivity index (χ1n) is 8.92. The molecule has 0 unspecified atom stereocenters. The summed E-state index contributed by atoms with van der Waals surface area (Å²) in [5, 5.41) is 8.93. The van der Waals surface area contributed by atoms with Crippen molar-refractivity contribution in [3.63, 3.8) is 0 Å². The van der Waals surface area contributed by atoms with E-state index in [2.05, 4.69) is 84.5 Å². The number of H-pyrrole nitrogens is 2. The molecule has 0 saturated heterocycles. The molecule has 3 aromatic carbocycles. The van der Waals surface area contributed by atoms with Gasteiger partial charge in [-0.05, 0) is 24.8 Å². The average Bonchev–Trinajstić information content (AvgIpc) is 3.20. The highest BCUT2D eigenvalue weighted by Gasteiger charge is 2.11. The Hall–Kier alpha value is -3.00. The number of rotatable bonds is 1. The highest BCUT2D eigenvalue weighted by molar-refractivity contribution is 6.23. The van der Waals surface area contributed by atoms with Gasteiger partial charge in [0, 0.05) is 37.6 Å². The van der Waals surface area contributed by atoms with Gasteiger partial charge < -0.3 is 9.97 Å². The van der Waals surface area contributed by atoms with Crippen LogP contribution in [0.25, 0.3) is 55.6 Å². The molecule has 0 bridgehead atoms. The molecule has 0 fully saturated rings. The third-order valence-corrected chi connectivity index (χ3v) is 5.20. The van der Waals surface area contributed by atoms with Gasteiger partial charge in [-0.3, -0.25) is 0 Å². The third-order valence-electron chi connectivity index (χ3n) is 5.20. The van der Waals surface area contributed by atoms with Crippen LogP contribution in [0.3, 0.4) is 0 Å². The van der Waals surface area contributed by atoms with Crippen molar-refractivity contribution < 1.29 is 0 Å². The minimum Gasteiger partial charge on any atom is -0.354 e. The predicted octanol–water partition coefficient (Wildman–Crippen LogP) is 4.95. The van der Waals surface area contributed by atoms with Gasteiger partial charge in [0.15, 0.2) is 0 Å². The third kappa shape index (κ3) is 1.91. The molecule has 0 aliphatic carbocycles. The zero-order valence-corrected chi connectivity index (χ0v) is 14.5. The Morgan fingerprint density at radius 3 is 2.40 bits per heavy atom. The number of benzene rings is 3. The molecule has 0 radical (unpaired) electrons. The van der Waals surface area contributed by atoms with E-state index in [0.717, 1.165) is 6.42 Å². The van der Waals surface area contributed by atoms with E-state index in [-0.39, 0.29) is 0 Å². The molecule has 2 heterocycles. The molecule has 0 spiro atoms. The van der Waals surface area contributed by atoms with Crippen molar-refractivity contribution in [1.29, 1.82) is 0 Å². The van der Waals surface area contributed by atoms with E-state index in [1.807, 2.05) is 0 Å². The molecule has 2 aromatic heterocycles. The zero-order valence-electron chi connectivity index (χ0n) is 14.5. The van der Waals surface area contributed by atoms with E-state index in [9.17, 15) is 0 Å². The molecule has 0 aliphatic heterocycles. The van der Waals surface area contributed by atoms with Gasteiger partial charge in [0.25, 0.3) is 0 Å². The van der Waals surface area contributed by atoms with Crippen LogP contribution >= 0.6 is 0 Å². The molecule has 0 amide bonds. The molecule has 5 aromatic rings. The first kappa shape index (κ1) is 14.4. The van der Waals surface area contributed by atoms with Gasteiger partial charge >= 0.3 is 0 Å². The Morgan fingerprint density at radius 1 is 0.840 bits per heavy atom. The SMILES string of the molecule is C/C=c1/[nH]c2c(ccc3ccc4c5ccccc5[nH]c4c32)/c1=C/CC. The Labute approximate surface area is 145 Å². The lowest BCUT2D eigenvalue weighted by Crippen LogP contribution is -2.21. The topological polar surface area (TPSA) is 31.6 Å². The molecular weight excluding hydrogens is 304 g/mol. The predicted molar refractivity (Wildman–Crippen MR) is 109 cm³/mol. The van der Waals surface area contributed by atoms with Crippen molar-refractivity contribution in [3.8, 4) is 0 Å². The molecule has 2 N–H and O–H groups in total. The monoisotopic (exact) mass is 324 g/mol. The Morgan fingerprint density at radius 2 is 1.60 bits per heavy atom. The van der Waals surface area contributed by atoms with E-state index in [0.29, 0.717) is 0 Å².